The Labute approximate surface area is 91.5 Å². The summed E-state index contributed by atoms with van der Waals surface area (Å²) in [6.45, 7) is 1.60. The van der Waals surface area contributed by atoms with Crippen molar-refractivity contribution < 1.29 is 19.8 Å². The van der Waals surface area contributed by atoms with Crippen molar-refractivity contribution in [1.82, 2.24) is 15.3 Å². The first-order valence-electron chi connectivity index (χ1n) is 4.78. The molecule has 0 aromatic carbocycles. The molecule has 0 aliphatic heterocycles. The number of aromatic carboxylic acids is 1. The number of nitrogens with zero attached hydrogens (tertiary/aromatic N) is 1. The Morgan fingerprint density at radius 1 is 1.62 bits per heavy atom. The van der Waals surface area contributed by atoms with E-state index in [1.54, 1.807) is 6.92 Å². The summed E-state index contributed by atoms with van der Waals surface area (Å²) in [7, 11) is 0. The first kappa shape index (κ1) is 12.2. The number of aromatic amines is 1. The molecule has 0 bridgehead atoms. The van der Waals surface area contributed by atoms with E-state index >= 15 is 0 Å². The summed E-state index contributed by atoms with van der Waals surface area (Å²) in [5.74, 6) is -1.86. The topological polar surface area (TPSA) is 115 Å². The molecule has 1 atom stereocenters. The van der Waals surface area contributed by atoms with E-state index < -0.39 is 17.9 Å². The number of aliphatic hydroxyl groups excluding tert-OH is 1. The van der Waals surface area contributed by atoms with Crippen molar-refractivity contribution in [3.8, 4) is 0 Å². The zero-order valence-electron chi connectivity index (χ0n) is 8.73. The van der Waals surface area contributed by atoms with Crippen LogP contribution in [0.4, 0.5) is 0 Å². The number of rotatable bonds is 5. The SMILES string of the molecule is CC[C@H](CO)NC(=O)c1nc[nH]c1C(=O)O. The average Bonchev–Trinajstić information content (AvgIpc) is 2.74. The third-order valence-corrected chi connectivity index (χ3v) is 2.12. The van der Waals surface area contributed by atoms with E-state index in [1.165, 1.54) is 0 Å². The number of hydrogen-bond acceptors (Lipinski definition) is 4. The first-order chi connectivity index (χ1) is 7.60. The van der Waals surface area contributed by atoms with Crippen LogP contribution in [0, 0.1) is 0 Å². The lowest BCUT2D eigenvalue weighted by Crippen LogP contribution is -2.37. The van der Waals surface area contributed by atoms with Gasteiger partial charge in [-0.2, -0.15) is 0 Å². The number of hydrogen-bond donors (Lipinski definition) is 4. The molecule has 1 aromatic heterocycles. The fourth-order valence-corrected chi connectivity index (χ4v) is 1.16. The summed E-state index contributed by atoms with van der Waals surface area (Å²) in [4.78, 5) is 28.3. The highest BCUT2D eigenvalue weighted by Crippen LogP contribution is 2.03. The van der Waals surface area contributed by atoms with Crippen molar-refractivity contribution in [1.29, 1.82) is 0 Å². The van der Waals surface area contributed by atoms with Crippen LogP contribution >= 0.6 is 0 Å². The highest BCUT2D eigenvalue weighted by atomic mass is 16.4. The van der Waals surface area contributed by atoms with Crippen LogP contribution < -0.4 is 5.32 Å². The van der Waals surface area contributed by atoms with E-state index in [1.807, 2.05) is 0 Å². The predicted octanol–water partition coefficient (Wildman–Crippen LogP) is -0.391. The van der Waals surface area contributed by atoms with Gasteiger partial charge in [-0.1, -0.05) is 6.92 Å². The quantitative estimate of drug-likeness (QED) is 0.546. The summed E-state index contributed by atoms with van der Waals surface area (Å²) >= 11 is 0. The van der Waals surface area contributed by atoms with Crippen molar-refractivity contribution in [2.24, 2.45) is 0 Å². The molecular formula is C9H13N3O4. The molecule has 0 aliphatic rings. The molecule has 0 unspecified atom stereocenters. The monoisotopic (exact) mass is 227 g/mol. The summed E-state index contributed by atoms with van der Waals surface area (Å²) in [5.41, 5.74) is -0.440. The lowest BCUT2D eigenvalue weighted by atomic mass is 10.2. The zero-order valence-corrected chi connectivity index (χ0v) is 8.73. The molecule has 88 valence electrons. The van der Waals surface area contributed by atoms with Crippen LogP contribution in [0.15, 0.2) is 6.33 Å². The van der Waals surface area contributed by atoms with Crippen molar-refractivity contribution in [3.63, 3.8) is 0 Å². The molecular weight excluding hydrogens is 214 g/mol. The molecule has 4 N–H and O–H groups in total. The lowest BCUT2D eigenvalue weighted by Gasteiger charge is -2.12. The number of carbonyl (C=O) groups is 2. The van der Waals surface area contributed by atoms with Crippen LogP contribution in [0.1, 0.15) is 34.3 Å². The van der Waals surface area contributed by atoms with Gasteiger partial charge in [-0.3, -0.25) is 4.79 Å². The van der Waals surface area contributed by atoms with E-state index in [0.717, 1.165) is 6.33 Å². The van der Waals surface area contributed by atoms with Gasteiger partial charge in [-0.05, 0) is 6.42 Å². The number of carboxylic acid groups (broad SMARTS) is 1. The van der Waals surface area contributed by atoms with Gasteiger partial charge in [0.25, 0.3) is 5.91 Å². The van der Waals surface area contributed by atoms with Crippen LogP contribution in [0.25, 0.3) is 0 Å². The standard InChI is InChI=1S/C9H13N3O4/c1-2-5(3-13)12-8(14)6-7(9(15)16)11-4-10-6/h4-5,13H,2-3H2,1H3,(H,10,11)(H,12,14)(H,15,16)/t5-/m1/s1. The van der Waals surface area contributed by atoms with Gasteiger partial charge in [0, 0.05) is 0 Å². The molecule has 1 aromatic rings. The van der Waals surface area contributed by atoms with Gasteiger partial charge >= 0.3 is 5.97 Å². The van der Waals surface area contributed by atoms with E-state index in [0.29, 0.717) is 6.42 Å². The summed E-state index contributed by atoms with van der Waals surface area (Å²) in [6.07, 6.45) is 1.69. The molecule has 0 spiro atoms. The minimum atomic E-state index is -1.25. The number of H-pyrrole nitrogens is 1. The maximum Gasteiger partial charge on any atom is 0.354 e. The second kappa shape index (κ2) is 5.26. The zero-order chi connectivity index (χ0) is 12.1. The third-order valence-electron chi connectivity index (χ3n) is 2.12. The van der Waals surface area contributed by atoms with Gasteiger partial charge < -0.3 is 20.5 Å². The fraction of sp³-hybridized carbons (Fsp3) is 0.444. The number of imidazole rings is 1. The molecule has 7 heteroatoms. The van der Waals surface area contributed by atoms with Gasteiger partial charge in [0.05, 0.1) is 19.0 Å². The normalized spacial score (nSPS) is 12.1. The van der Waals surface area contributed by atoms with Crippen molar-refractivity contribution >= 4 is 11.9 Å². The third kappa shape index (κ3) is 2.57. The average molecular weight is 227 g/mol. The fourth-order valence-electron chi connectivity index (χ4n) is 1.16. The van der Waals surface area contributed by atoms with Crippen molar-refractivity contribution in [2.45, 2.75) is 19.4 Å². The van der Waals surface area contributed by atoms with Gasteiger partial charge in [-0.15, -0.1) is 0 Å². The molecule has 0 fully saturated rings. The van der Waals surface area contributed by atoms with E-state index in [4.69, 9.17) is 10.2 Å². The summed E-state index contributed by atoms with van der Waals surface area (Å²) in [5, 5.41) is 20.1. The first-order valence-corrected chi connectivity index (χ1v) is 4.78. The number of carbonyl (C=O) groups excluding carboxylic acids is 1. The Balaban J connectivity index is 2.80. The second-order valence-corrected chi connectivity index (χ2v) is 3.19. The smallest absolute Gasteiger partial charge is 0.354 e. The number of aromatic nitrogens is 2. The van der Waals surface area contributed by atoms with E-state index in [-0.39, 0.29) is 18.0 Å². The van der Waals surface area contributed by atoms with Crippen molar-refractivity contribution in [2.75, 3.05) is 6.61 Å². The highest BCUT2D eigenvalue weighted by molar-refractivity contribution is 6.02. The lowest BCUT2D eigenvalue weighted by molar-refractivity contribution is 0.0684. The Kier molecular flexibility index (Phi) is 4.01. The van der Waals surface area contributed by atoms with Crippen LogP contribution in [0.3, 0.4) is 0 Å². The van der Waals surface area contributed by atoms with Crippen LogP contribution in [-0.2, 0) is 0 Å². The number of aliphatic hydroxyl groups is 1. The van der Waals surface area contributed by atoms with E-state index in [9.17, 15) is 9.59 Å². The van der Waals surface area contributed by atoms with Crippen molar-refractivity contribution in [3.05, 3.63) is 17.7 Å². The number of carboxylic acids is 1. The molecule has 16 heavy (non-hydrogen) atoms. The largest absolute Gasteiger partial charge is 0.477 e. The van der Waals surface area contributed by atoms with Gasteiger partial charge in [0.1, 0.15) is 0 Å². The molecule has 0 radical (unpaired) electrons. The number of amides is 1. The molecule has 0 saturated carbocycles. The molecule has 1 amide bonds. The van der Waals surface area contributed by atoms with Gasteiger partial charge in [-0.25, -0.2) is 9.78 Å². The van der Waals surface area contributed by atoms with Crippen LogP contribution in [0.5, 0.6) is 0 Å². The van der Waals surface area contributed by atoms with E-state index in [2.05, 4.69) is 15.3 Å². The molecule has 0 saturated heterocycles. The summed E-state index contributed by atoms with van der Waals surface area (Å²) in [6, 6.07) is -0.397. The Hall–Kier alpha value is -1.89. The minimum absolute atomic E-state index is 0.181. The molecule has 1 heterocycles. The van der Waals surface area contributed by atoms with Gasteiger partial charge in [0.2, 0.25) is 0 Å². The molecule has 1 rings (SSSR count). The predicted molar refractivity (Wildman–Crippen MR) is 54.2 cm³/mol. The maximum atomic E-state index is 11.6. The minimum Gasteiger partial charge on any atom is -0.477 e. The van der Waals surface area contributed by atoms with Crippen LogP contribution in [-0.4, -0.2) is 44.7 Å². The Bertz CT molecular complexity index is 384. The van der Waals surface area contributed by atoms with Crippen LogP contribution in [0.2, 0.25) is 0 Å². The maximum absolute atomic E-state index is 11.6. The molecule has 0 aliphatic carbocycles. The Morgan fingerprint density at radius 3 is 2.81 bits per heavy atom. The molecule has 7 nitrogen and oxygen atoms in total. The highest BCUT2D eigenvalue weighted by Gasteiger charge is 2.21. The summed E-state index contributed by atoms with van der Waals surface area (Å²) < 4.78 is 0. The Morgan fingerprint density at radius 2 is 2.31 bits per heavy atom. The number of nitrogens with one attached hydrogen (secondary N) is 2. The second-order valence-electron chi connectivity index (χ2n) is 3.19. The van der Waals surface area contributed by atoms with Gasteiger partial charge in [0.15, 0.2) is 11.4 Å².